The summed E-state index contributed by atoms with van der Waals surface area (Å²) in [5.74, 6) is 3.13. The zero-order valence-electron chi connectivity index (χ0n) is 13.2. The van der Waals surface area contributed by atoms with Crippen LogP contribution in [0.2, 0.25) is 0 Å². The summed E-state index contributed by atoms with van der Waals surface area (Å²) in [6.07, 6.45) is 9.07. The molecule has 4 aliphatic rings. The Morgan fingerprint density at radius 2 is 1.71 bits per heavy atom. The second-order valence-electron chi connectivity index (χ2n) is 7.66. The molecule has 3 nitrogen and oxygen atoms in total. The van der Waals surface area contributed by atoms with E-state index in [1.54, 1.807) is 7.11 Å². The number of nitrogens with zero attached hydrogens (tertiary/aromatic N) is 1. The van der Waals surface area contributed by atoms with Crippen LogP contribution in [0.4, 0.5) is 0 Å². The van der Waals surface area contributed by atoms with Gasteiger partial charge in [0.2, 0.25) is 5.91 Å². The van der Waals surface area contributed by atoms with Gasteiger partial charge in [-0.05, 0) is 61.7 Å². The molecule has 0 radical (unpaired) electrons. The van der Waals surface area contributed by atoms with E-state index in [-0.39, 0.29) is 0 Å². The third kappa shape index (κ3) is 3.47. The van der Waals surface area contributed by atoms with Crippen LogP contribution in [0.5, 0.6) is 0 Å². The molecule has 21 heavy (non-hydrogen) atoms. The molecule has 0 saturated heterocycles. The Labute approximate surface area is 136 Å². The Morgan fingerprint density at radius 3 is 2.19 bits per heavy atom. The van der Waals surface area contributed by atoms with E-state index in [0.29, 0.717) is 17.9 Å². The second kappa shape index (κ2) is 6.57. The van der Waals surface area contributed by atoms with Crippen LogP contribution in [0.3, 0.4) is 0 Å². The average Bonchev–Trinajstić information content (AvgIpc) is 2.41. The summed E-state index contributed by atoms with van der Waals surface area (Å²) >= 11 is 3.47. The van der Waals surface area contributed by atoms with Crippen LogP contribution in [-0.2, 0) is 9.53 Å². The average molecular weight is 358 g/mol. The van der Waals surface area contributed by atoms with Crippen molar-refractivity contribution >= 4 is 21.8 Å². The fraction of sp³-hybridized carbons (Fsp3) is 0.941. The molecule has 4 bridgehead atoms. The molecule has 4 saturated carbocycles. The van der Waals surface area contributed by atoms with Crippen LogP contribution in [-0.4, -0.2) is 42.9 Å². The Balaban J connectivity index is 1.63. The summed E-state index contributed by atoms with van der Waals surface area (Å²) < 4.78 is 5.15. The lowest BCUT2D eigenvalue weighted by molar-refractivity contribution is -0.139. The normalized spacial score (nSPS) is 37.0. The second-order valence-corrected chi connectivity index (χ2v) is 8.45. The molecule has 0 aromatic carbocycles. The summed E-state index contributed by atoms with van der Waals surface area (Å²) in [6.45, 7) is 2.17. The quantitative estimate of drug-likeness (QED) is 0.653. The fourth-order valence-corrected chi connectivity index (χ4v) is 6.03. The van der Waals surface area contributed by atoms with Gasteiger partial charge in [0.25, 0.3) is 0 Å². The van der Waals surface area contributed by atoms with E-state index in [0.717, 1.165) is 42.6 Å². The van der Waals surface area contributed by atoms with Crippen LogP contribution in [0.15, 0.2) is 0 Å². The summed E-state index contributed by atoms with van der Waals surface area (Å²) in [4.78, 5) is 14.8. The highest BCUT2D eigenvalue weighted by Gasteiger charge is 2.51. The first-order chi connectivity index (χ1) is 10.1. The van der Waals surface area contributed by atoms with Crippen LogP contribution in [0, 0.1) is 23.2 Å². The lowest BCUT2D eigenvalue weighted by Crippen LogP contribution is -2.49. The van der Waals surface area contributed by atoms with Crippen molar-refractivity contribution in [1.82, 2.24) is 4.90 Å². The van der Waals surface area contributed by atoms with Crippen LogP contribution < -0.4 is 0 Å². The summed E-state index contributed by atoms with van der Waals surface area (Å²) in [5.41, 5.74) is 0.351. The van der Waals surface area contributed by atoms with Gasteiger partial charge in [0.1, 0.15) is 0 Å². The van der Waals surface area contributed by atoms with Crippen molar-refractivity contribution in [1.29, 1.82) is 0 Å². The highest BCUT2D eigenvalue weighted by atomic mass is 79.9. The molecule has 0 unspecified atom stereocenters. The summed E-state index contributed by atoms with van der Waals surface area (Å²) in [6, 6.07) is 0. The van der Waals surface area contributed by atoms with Gasteiger partial charge in [0.05, 0.1) is 6.61 Å². The first-order valence-corrected chi connectivity index (χ1v) is 9.59. The van der Waals surface area contributed by atoms with Crippen molar-refractivity contribution in [2.24, 2.45) is 23.2 Å². The minimum absolute atomic E-state index is 0.351. The highest BCUT2D eigenvalue weighted by molar-refractivity contribution is 9.09. The molecule has 0 aliphatic heterocycles. The molecule has 0 aromatic heterocycles. The monoisotopic (exact) mass is 357 g/mol. The van der Waals surface area contributed by atoms with Gasteiger partial charge < -0.3 is 9.64 Å². The van der Waals surface area contributed by atoms with E-state index in [1.807, 2.05) is 4.90 Å². The number of amides is 1. The Bertz CT molecular complexity index is 350. The molecular formula is C17H28BrNO2. The van der Waals surface area contributed by atoms with Gasteiger partial charge >= 0.3 is 0 Å². The molecule has 4 fully saturated rings. The van der Waals surface area contributed by atoms with Crippen molar-refractivity contribution < 1.29 is 9.53 Å². The predicted octanol–water partition coefficient (Wildman–Crippen LogP) is 3.46. The van der Waals surface area contributed by atoms with Gasteiger partial charge in [-0.15, -0.1) is 0 Å². The minimum Gasteiger partial charge on any atom is -0.383 e. The standard InChI is InChI=1S/C17H28BrNO2/c1-21-5-4-19(3-2-18)16(20)12-17-9-13-6-14(10-17)8-15(7-13)11-17/h13-15H,2-12H2,1H3. The zero-order valence-corrected chi connectivity index (χ0v) is 14.7. The molecule has 0 aromatic rings. The molecule has 0 spiro atoms. The maximum absolute atomic E-state index is 12.8. The van der Waals surface area contributed by atoms with Gasteiger partial charge in [-0.2, -0.15) is 0 Å². The van der Waals surface area contributed by atoms with E-state index in [1.165, 1.54) is 38.5 Å². The number of methoxy groups -OCH3 is 1. The predicted molar refractivity (Wildman–Crippen MR) is 87.5 cm³/mol. The minimum atomic E-state index is 0.351. The van der Waals surface area contributed by atoms with Crippen LogP contribution in [0.25, 0.3) is 0 Å². The first kappa shape index (κ1) is 15.8. The van der Waals surface area contributed by atoms with Crippen molar-refractivity contribution in [2.45, 2.75) is 44.9 Å². The van der Waals surface area contributed by atoms with E-state index >= 15 is 0 Å². The lowest BCUT2D eigenvalue weighted by Gasteiger charge is -2.57. The van der Waals surface area contributed by atoms with Gasteiger partial charge in [0, 0.05) is 32.0 Å². The smallest absolute Gasteiger partial charge is 0.223 e. The molecule has 120 valence electrons. The third-order valence-electron chi connectivity index (χ3n) is 5.96. The molecule has 4 heteroatoms. The van der Waals surface area contributed by atoms with Gasteiger partial charge in [0.15, 0.2) is 0 Å². The van der Waals surface area contributed by atoms with E-state index < -0.39 is 0 Å². The molecule has 1 amide bonds. The Hall–Kier alpha value is -0.0900. The first-order valence-electron chi connectivity index (χ1n) is 8.47. The van der Waals surface area contributed by atoms with Gasteiger partial charge in [-0.25, -0.2) is 0 Å². The maximum atomic E-state index is 12.8. The van der Waals surface area contributed by atoms with E-state index in [9.17, 15) is 4.79 Å². The van der Waals surface area contributed by atoms with Crippen LogP contribution >= 0.6 is 15.9 Å². The lowest BCUT2D eigenvalue weighted by atomic mass is 9.49. The number of halogens is 1. The number of hydrogen-bond donors (Lipinski definition) is 0. The van der Waals surface area contributed by atoms with Crippen molar-refractivity contribution in [3.63, 3.8) is 0 Å². The molecule has 4 rings (SSSR count). The Morgan fingerprint density at radius 1 is 1.14 bits per heavy atom. The van der Waals surface area contributed by atoms with Crippen LogP contribution in [0.1, 0.15) is 44.9 Å². The van der Waals surface area contributed by atoms with Crippen molar-refractivity contribution in [3.05, 3.63) is 0 Å². The highest BCUT2D eigenvalue weighted by Crippen LogP contribution is 2.61. The SMILES string of the molecule is COCCN(CCBr)C(=O)CC12CC3CC(CC(C3)C1)C2. The van der Waals surface area contributed by atoms with E-state index in [2.05, 4.69) is 15.9 Å². The van der Waals surface area contributed by atoms with Gasteiger partial charge in [-0.3, -0.25) is 4.79 Å². The number of hydrogen-bond acceptors (Lipinski definition) is 2. The van der Waals surface area contributed by atoms with Crippen molar-refractivity contribution in [3.8, 4) is 0 Å². The summed E-state index contributed by atoms with van der Waals surface area (Å²) in [5, 5.41) is 0.851. The fourth-order valence-electron chi connectivity index (χ4n) is 5.60. The Kier molecular flexibility index (Phi) is 4.94. The molecule has 0 heterocycles. The van der Waals surface area contributed by atoms with Crippen molar-refractivity contribution in [2.75, 3.05) is 32.1 Å². The molecule has 0 N–H and O–H groups in total. The van der Waals surface area contributed by atoms with E-state index in [4.69, 9.17) is 4.74 Å². The number of rotatable bonds is 7. The largest absolute Gasteiger partial charge is 0.383 e. The van der Waals surface area contributed by atoms with Gasteiger partial charge in [-0.1, -0.05) is 15.9 Å². The number of alkyl halides is 1. The molecule has 0 atom stereocenters. The zero-order chi connectivity index (χ0) is 14.9. The maximum Gasteiger partial charge on any atom is 0.223 e. The number of carbonyl (C=O) groups excluding carboxylic acids is 1. The number of carbonyl (C=O) groups is 1. The third-order valence-corrected chi connectivity index (χ3v) is 6.32. The summed E-state index contributed by atoms with van der Waals surface area (Å²) in [7, 11) is 1.70. The topological polar surface area (TPSA) is 29.5 Å². The molecule has 4 aliphatic carbocycles. The molecular weight excluding hydrogens is 330 g/mol. The number of ether oxygens (including phenoxy) is 1.